The smallest absolute Gasteiger partial charge is 0.325 e. The number of hydrogen-bond donors (Lipinski definition) is 2. The van der Waals surface area contributed by atoms with Crippen LogP contribution < -0.4 is 5.09 Å². The Kier molecular flexibility index (Phi) is 17.0. The molecule has 0 aliphatic carbocycles. The van der Waals surface area contributed by atoms with E-state index < -0.39 is 12.9 Å². The van der Waals surface area contributed by atoms with Crippen molar-refractivity contribution in [2.75, 3.05) is 6.66 Å². The second kappa shape index (κ2) is 17.2. The highest BCUT2D eigenvalue weighted by molar-refractivity contribution is 7.52. The van der Waals surface area contributed by atoms with Crippen LogP contribution in [0.4, 0.5) is 0 Å². The lowest BCUT2D eigenvalue weighted by atomic mass is 10.1. The fourth-order valence-electron chi connectivity index (χ4n) is 2.83. The first kappa shape index (κ1) is 28.5. The number of unbranched alkanes of at least 4 members (excludes halogenated alkanes) is 8. The highest BCUT2D eigenvalue weighted by atomic mass is 31.2. The quantitative estimate of drug-likeness (QED) is 0.134. The Labute approximate surface area is 180 Å². The summed E-state index contributed by atoms with van der Waals surface area (Å²) < 4.78 is 16.4. The predicted molar refractivity (Wildman–Crippen MR) is 127 cm³/mol. The van der Waals surface area contributed by atoms with E-state index in [0.29, 0.717) is 6.42 Å². The van der Waals surface area contributed by atoms with Gasteiger partial charge in [-0.05, 0) is 52.4 Å². The molecule has 170 valence electrons. The molecule has 5 nitrogen and oxygen atoms in total. The van der Waals surface area contributed by atoms with Gasteiger partial charge in [-0.15, -0.1) is 0 Å². The lowest BCUT2D eigenvalue weighted by Gasteiger charge is -2.26. The molecule has 29 heavy (non-hydrogen) atoms. The zero-order valence-corrected chi connectivity index (χ0v) is 20.8. The third-order valence-electron chi connectivity index (χ3n) is 4.26. The Balaban J connectivity index is 3.55. The lowest BCUT2D eigenvalue weighted by Crippen LogP contribution is -2.25. The molecule has 0 radical (unpaired) electrons. The molecule has 7 heteroatoms. The van der Waals surface area contributed by atoms with E-state index in [1.165, 1.54) is 38.5 Å². The van der Waals surface area contributed by atoms with E-state index in [2.05, 4.69) is 36.3 Å². The third kappa shape index (κ3) is 22.0. The Morgan fingerprint density at radius 1 is 1.00 bits per heavy atom. The monoisotopic (exact) mass is 447 g/mol. The number of hydrogen-bond acceptors (Lipinski definition) is 3. The first-order valence-electron chi connectivity index (χ1n) is 11.0. The Hall–Kier alpha value is -0.470. The number of allylic oxidation sites excluding steroid dienone is 4. The van der Waals surface area contributed by atoms with Crippen LogP contribution in [0.2, 0.25) is 0 Å². The molecule has 0 aliphatic rings. The molecule has 0 rings (SSSR count). The number of amides is 1. The second-order valence-electron chi connectivity index (χ2n) is 8.06. The standard InChI is InChI=1S/C22H43NO4P2/c1-5-6-7-8-9-10-11-12-13-14-15-16-17-18-19-20-21(24)23-28-22(2,3)27-29(4,25)26/h9-10,12-13,28H,5-8,11,14-20H2,1-4H3,(H,23,24)(H,25,26)/b10-9-,13-12-. The normalized spacial score (nSPS) is 14.9. The minimum Gasteiger partial charge on any atom is -0.335 e. The minimum atomic E-state index is -3.55. The zero-order chi connectivity index (χ0) is 22.0. The van der Waals surface area contributed by atoms with Gasteiger partial charge < -0.3 is 9.98 Å². The number of carbonyl (C=O) groups is 1. The molecule has 0 aromatic carbocycles. The number of rotatable bonds is 18. The Morgan fingerprint density at radius 3 is 2.14 bits per heavy atom. The molecule has 2 atom stereocenters. The summed E-state index contributed by atoms with van der Waals surface area (Å²) in [6, 6.07) is 0. The van der Waals surface area contributed by atoms with Crippen LogP contribution in [0.5, 0.6) is 0 Å². The van der Waals surface area contributed by atoms with Crippen LogP contribution in [0.25, 0.3) is 0 Å². The van der Waals surface area contributed by atoms with Gasteiger partial charge in [-0.3, -0.25) is 13.9 Å². The summed E-state index contributed by atoms with van der Waals surface area (Å²) in [4.78, 5) is 21.2. The topological polar surface area (TPSA) is 75.6 Å². The second-order valence-corrected chi connectivity index (χ2v) is 11.6. The molecule has 0 aliphatic heterocycles. The van der Waals surface area contributed by atoms with E-state index in [9.17, 15) is 14.3 Å². The van der Waals surface area contributed by atoms with Crippen LogP contribution in [0, 0.1) is 0 Å². The van der Waals surface area contributed by atoms with Crippen LogP contribution in [-0.4, -0.2) is 22.8 Å². The van der Waals surface area contributed by atoms with E-state index >= 15 is 0 Å². The molecule has 2 unspecified atom stereocenters. The summed E-state index contributed by atoms with van der Waals surface area (Å²) in [5.74, 6) is -0.0189. The van der Waals surface area contributed by atoms with Gasteiger partial charge in [0.15, 0.2) is 0 Å². The van der Waals surface area contributed by atoms with Crippen LogP contribution in [0.1, 0.15) is 97.8 Å². The van der Waals surface area contributed by atoms with Gasteiger partial charge >= 0.3 is 7.60 Å². The van der Waals surface area contributed by atoms with Crippen LogP contribution >= 0.6 is 16.3 Å². The predicted octanol–water partition coefficient (Wildman–Crippen LogP) is 7.08. The van der Waals surface area contributed by atoms with Gasteiger partial charge in [-0.1, -0.05) is 63.3 Å². The van der Waals surface area contributed by atoms with Crippen LogP contribution in [-0.2, 0) is 13.9 Å². The molecule has 0 bridgehead atoms. The van der Waals surface area contributed by atoms with Gasteiger partial charge in [0, 0.05) is 21.8 Å². The van der Waals surface area contributed by atoms with E-state index in [4.69, 9.17) is 4.52 Å². The van der Waals surface area contributed by atoms with Crippen molar-refractivity contribution in [3.8, 4) is 0 Å². The molecule has 0 spiro atoms. The average Bonchev–Trinajstić information content (AvgIpc) is 2.61. The maximum Gasteiger partial charge on any atom is 0.325 e. The molecule has 0 heterocycles. The first-order chi connectivity index (χ1) is 13.7. The third-order valence-corrected chi connectivity index (χ3v) is 6.33. The van der Waals surface area contributed by atoms with Crippen molar-refractivity contribution < 1.29 is 18.8 Å². The molecule has 1 amide bonds. The molecular formula is C22H43NO4P2. The van der Waals surface area contributed by atoms with Crippen molar-refractivity contribution in [2.24, 2.45) is 0 Å². The first-order valence-corrected chi connectivity index (χ1v) is 14.1. The summed E-state index contributed by atoms with van der Waals surface area (Å²) in [6.45, 7) is 6.80. The summed E-state index contributed by atoms with van der Waals surface area (Å²) in [7, 11) is -3.60. The van der Waals surface area contributed by atoms with Crippen molar-refractivity contribution in [3.63, 3.8) is 0 Å². The summed E-state index contributed by atoms with van der Waals surface area (Å²) in [5.41, 5.74) is 0. The minimum absolute atomic E-state index is 0.0189. The highest BCUT2D eigenvalue weighted by Gasteiger charge is 2.27. The van der Waals surface area contributed by atoms with Crippen molar-refractivity contribution in [3.05, 3.63) is 24.3 Å². The SMILES string of the molecule is CCCCC/C=C\C/C=C\CCCCCCCC(=O)NPC(C)(C)OP(C)(=O)O. The zero-order valence-electron chi connectivity index (χ0n) is 18.9. The fourth-order valence-corrected chi connectivity index (χ4v) is 4.93. The molecule has 0 aromatic heterocycles. The van der Waals surface area contributed by atoms with E-state index in [1.54, 1.807) is 13.8 Å². The fraction of sp³-hybridized carbons (Fsp3) is 0.773. The van der Waals surface area contributed by atoms with Gasteiger partial charge in [0.1, 0.15) is 5.34 Å². The Morgan fingerprint density at radius 2 is 1.55 bits per heavy atom. The maximum absolute atomic E-state index is 11.9. The molecule has 0 fully saturated rings. The van der Waals surface area contributed by atoms with Crippen LogP contribution in [0.3, 0.4) is 0 Å². The summed E-state index contributed by atoms with van der Waals surface area (Å²) in [6.07, 6.45) is 22.3. The molecule has 0 saturated heterocycles. The maximum atomic E-state index is 11.9. The number of carbonyl (C=O) groups excluding carboxylic acids is 1. The largest absolute Gasteiger partial charge is 0.335 e. The van der Waals surface area contributed by atoms with Crippen molar-refractivity contribution in [1.82, 2.24) is 5.09 Å². The van der Waals surface area contributed by atoms with Crippen LogP contribution in [0.15, 0.2) is 24.3 Å². The van der Waals surface area contributed by atoms with Crippen molar-refractivity contribution in [2.45, 2.75) is 103 Å². The molecule has 0 aromatic rings. The molecular weight excluding hydrogens is 404 g/mol. The lowest BCUT2D eigenvalue weighted by molar-refractivity contribution is -0.119. The molecule has 2 N–H and O–H groups in total. The van der Waals surface area contributed by atoms with E-state index in [-0.39, 0.29) is 14.6 Å². The van der Waals surface area contributed by atoms with Crippen molar-refractivity contribution >= 4 is 22.2 Å². The van der Waals surface area contributed by atoms with Gasteiger partial charge in [-0.2, -0.15) is 0 Å². The van der Waals surface area contributed by atoms with Gasteiger partial charge in [0.25, 0.3) is 0 Å². The van der Waals surface area contributed by atoms with Gasteiger partial charge in [0.2, 0.25) is 5.91 Å². The summed E-state index contributed by atoms with van der Waals surface area (Å²) >= 11 is 0. The van der Waals surface area contributed by atoms with Gasteiger partial charge in [0.05, 0.1) is 0 Å². The Bertz CT molecular complexity index is 527. The van der Waals surface area contributed by atoms with E-state index in [1.807, 2.05) is 0 Å². The highest BCUT2D eigenvalue weighted by Crippen LogP contribution is 2.46. The summed E-state index contributed by atoms with van der Waals surface area (Å²) in [5, 5.41) is 1.99. The molecule has 0 saturated carbocycles. The van der Waals surface area contributed by atoms with Gasteiger partial charge in [-0.25, -0.2) is 0 Å². The van der Waals surface area contributed by atoms with Crippen molar-refractivity contribution in [1.29, 1.82) is 0 Å². The average molecular weight is 448 g/mol. The van der Waals surface area contributed by atoms with E-state index in [0.717, 1.165) is 38.8 Å². The number of nitrogens with one attached hydrogen (secondary N) is 1.